The Morgan fingerprint density at radius 1 is 1.28 bits per heavy atom. The summed E-state index contributed by atoms with van der Waals surface area (Å²) in [5.41, 5.74) is 5.01. The topological polar surface area (TPSA) is 64.3 Å². The quantitative estimate of drug-likeness (QED) is 0.813. The second-order valence-corrected chi connectivity index (χ2v) is 6.56. The first-order valence-electron chi connectivity index (χ1n) is 6.98. The van der Waals surface area contributed by atoms with Crippen molar-refractivity contribution in [2.75, 3.05) is 6.54 Å². The van der Waals surface area contributed by atoms with Crippen molar-refractivity contribution < 1.29 is 9.53 Å². The summed E-state index contributed by atoms with van der Waals surface area (Å²) in [6.45, 7) is 8.32. The number of ether oxygens (including phenoxy) is 1. The van der Waals surface area contributed by atoms with Crippen LogP contribution in [0.25, 0.3) is 0 Å². The minimum atomic E-state index is -0.455. The van der Waals surface area contributed by atoms with Gasteiger partial charge in [-0.15, -0.1) is 0 Å². The maximum atomic E-state index is 11.9. The highest BCUT2D eigenvalue weighted by atomic mass is 16.6. The fourth-order valence-electron chi connectivity index (χ4n) is 2.77. The van der Waals surface area contributed by atoms with Crippen LogP contribution < -0.4 is 11.1 Å². The molecule has 1 fully saturated rings. The molecule has 1 atom stereocenters. The Hall–Kier alpha value is -0.770. The maximum Gasteiger partial charge on any atom is 0.408 e. The molecule has 106 valence electrons. The fourth-order valence-corrected chi connectivity index (χ4v) is 2.77. The van der Waals surface area contributed by atoms with Gasteiger partial charge in [0.05, 0.1) is 0 Å². The molecule has 0 aromatic heterocycles. The zero-order chi connectivity index (χ0) is 13.8. The number of carbonyl (C=O) groups is 1. The summed E-state index contributed by atoms with van der Waals surface area (Å²) in [7, 11) is 0. The summed E-state index contributed by atoms with van der Waals surface area (Å²) in [6, 6.07) is 0. The summed E-state index contributed by atoms with van der Waals surface area (Å²) in [4.78, 5) is 11.9. The van der Waals surface area contributed by atoms with Crippen LogP contribution in [0.15, 0.2) is 0 Å². The van der Waals surface area contributed by atoms with Gasteiger partial charge in [-0.05, 0) is 59.4 Å². The van der Waals surface area contributed by atoms with Gasteiger partial charge in [-0.1, -0.05) is 12.8 Å². The Kier molecular flexibility index (Phi) is 5.02. The molecule has 1 aliphatic carbocycles. The van der Waals surface area contributed by atoms with Gasteiger partial charge in [-0.2, -0.15) is 0 Å². The molecule has 1 unspecified atom stereocenters. The summed E-state index contributed by atoms with van der Waals surface area (Å²) < 4.78 is 5.35. The zero-order valence-corrected chi connectivity index (χ0v) is 12.2. The number of carbonyl (C=O) groups excluding carboxylic acids is 1. The van der Waals surface area contributed by atoms with Gasteiger partial charge in [0.25, 0.3) is 0 Å². The third kappa shape index (κ3) is 4.48. The zero-order valence-electron chi connectivity index (χ0n) is 12.2. The normalized spacial score (nSPS) is 20.5. The highest BCUT2D eigenvalue weighted by Crippen LogP contribution is 2.35. The van der Waals surface area contributed by atoms with Crippen molar-refractivity contribution in [2.24, 2.45) is 11.7 Å². The van der Waals surface area contributed by atoms with E-state index in [1.165, 1.54) is 25.7 Å². The van der Waals surface area contributed by atoms with Gasteiger partial charge >= 0.3 is 6.09 Å². The monoisotopic (exact) mass is 256 g/mol. The van der Waals surface area contributed by atoms with Crippen LogP contribution in [0.4, 0.5) is 4.79 Å². The molecule has 0 aromatic rings. The molecule has 1 rings (SSSR count). The molecule has 1 saturated carbocycles. The van der Waals surface area contributed by atoms with Gasteiger partial charge in [0.15, 0.2) is 0 Å². The van der Waals surface area contributed by atoms with Crippen molar-refractivity contribution in [1.82, 2.24) is 5.32 Å². The Balaban J connectivity index is 2.64. The Bertz CT molecular complexity index is 280. The lowest BCUT2D eigenvalue weighted by atomic mass is 9.81. The van der Waals surface area contributed by atoms with Crippen LogP contribution in [-0.2, 0) is 4.74 Å². The van der Waals surface area contributed by atoms with Crippen molar-refractivity contribution in [2.45, 2.75) is 70.9 Å². The first-order chi connectivity index (χ1) is 8.27. The van der Waals surface area contributed by atoms with E-state index in [0.29, 0.717) is 12.5 Å². The maximum absolute atomic E-state index is 11.9. The van der Waals surface area contributed by atoms with Crippen LogP contribution in [-0.4, -0.2) is 23.8 Å². The average Bonchev–Trinajstić information content (AvgIpc) is 2.66. The molecule has 0 spiro atoms. The number of nitrogens with two attached hydrogens (primary N) is 1. The Labute approximate surface area is 111 Å². The number of nitrogens with one attached hydrogen (secondary N) is 1. The molecule has 0 heterocycles. The third-order valence-corrected chi connectivity index (χ3v) is 3.71. The standard InChI is InChI=1S/C14H28N2O2/c1-13(2,3)18-12(17)16-14(4,9-10-15)11-7-5-6-8-11/h11H,5-10,15H2,1-4H3,(H,16,17). The molecular weight excluding hydrogens is 228 g/mol. The summed E-state index contributed by atoms with van der Waals surface area (Å²) >= 11 is 0. The van der Waals surface area contributed by atoms with E-state index in [1.807, 2.05) is 20.8 Å². The van der Waals surface area contributed by atoms with E-state index in [1.54, 1.807) is 0 Å². The van der Waals surface area contributed by atoms with Crippen molar-refractivity contribution in [3.05, 3.63) is 0 Å². The second-order valence-electron chi connectivity index (χ2n) is 6.56. The lowest BCUT2D eigenvalue weighted by Gasteiger charge is -2.37. The third-order valence-electron chi connectivity index (χ3n) is 3.71. The van der Waals surface area contributed by atoms with E-state index in [-0.39, 0.29) is 11.6 Å². The average molecular weight is 256 g/mol. The van der Waals surface area contributed by atoms with Gasteiger partial charge in [-0.25, -0.2) is 4.79 Å². The molecule has 18 heavy (non-hydrogen) atoms. The van der Waals surface area contributed by atoms with Crippen molar-refractivity contribution >= 4 is 6.09 Å². The van der Waals surface area contributed by atoms with Crippen LogP contribution in [0.5, 0.6) is 0 Å². The number of hydrogen-bond donors (Lipinski definition) is 2. The van der Waals surface area contributed by atoms with E-state index in [2.05, 4.69) is 12.2 Å². The lowest BCUT2D eigenvalue weighted by Crippen LogP contribution is -2.53. The van der Waals surface area contributed by atoms with E-state index >= 15 is 0 Å². The van der Waals surface area contributed by atoms with E-state index in [4.69, 9.17) is 10.5 Å². The van der Waals surface area contributed by atoms with Crippen LogP contribution in [0.1, 0.15) is 59.8 Å². The van der Waals surface area contributed by atoms with Crippen molar-refractivity contribution in [3.8, 4) is 0 Å². The molecule has 1 aliphatic rings. The lowest BCUT2D eigenvalue weighted by molar-refractivity contribution is 0.0416. The van der Waals surface area contributed by atoms with E-state index in [0.717, 1.165) is 6.42 Å². The first-order valence-corrected chi connectivity index (χ1v) is 6.98. The van der Waals surface area contributed by atoms with Crippen molar-refractivity contribution in [1.29, 1.82) is 0 Å². The van der Waals surface area contributed by atoms with E-state index < -0.39 is 5.60 Å². The predicted molar refractivity (Wildman–Crippen MR) is 73.4 cm³/mol. The smallest absolute Gasteiger partial charge is 0.408 e. The van der Waals surface area contributed by atoms with E-state index in [9.17, 15) is 4.79 Å². The van der Waals surface area contributed by atoms with Gasteiger partial charge in [0, 0.05) is 5.54 Å². The Morgan fingerprint density at radius 3 is 2.28 bits per heavy atom. The van der Waals surface area contributed by atoms with Gasteiger partial charge in [0.1, 0.15) is 5.60 Å². The molecule has 1 amide bonds. The SMILES string of the molecule is CC(C)(C)OC(=O)NC(C)(CCN)C1CCCC1. The van der Waals surface area contributed by atoms with Crippen LogP contribution in [0.3, 0.4) is 0 Å². The first kappa shape index (κ1) is 15.3. The van der Waals surface area contributed by atoms with Gasteiger partial charge < -0.3 is 15.8 Å². The minimum Gasteiger partial charge on any atom is -0.444 e. The molecule has 0 radical (unpaired) electrons. The molecule has 0 aliphatic heterocycles. The molecule has 0 bridgehead atoms. The Morgan fingerprint density at radius 2 is 1.83 bits per heavy atom. The molecule has 4 heteroatoms. The molecule has 4 nitrogen and oxygen atoms in total. The molecule has 0 saturated heterocycles. The van der Waals surface area contributed by atoms with Crippen molar-refractivity contribution in [3.63, 3.8) is 0 Å². The number of alkyl carbamates (subject to hydrolysis) is 1. The number of rotatable bonds is 4. The second kappa shape index (κ2) is 5.91. The highest BCUT2D eigenvalue weighted by molar-refractivity contribution is 5.68. The van der Waals surface area contributed by atoms with Crippen LogP contribution in [0, 0.1) is 5.92 Å². The summed E-state index contributed by atoms with van der Waals surface area (Å²) in [5, 5.41) is 3.05. The van der Waals surface area contributed by atoms with Crippen LogP contribution in [0.2, 0.25) is 0 Å². The number of hydrogen-bond acceptors (Lipinski definition) is 3. The number of amides is 1. The molecular formula is C14H28N2O2. The fraction of sp³-hybridized carbons (Fsp3) is 0.929. The molecule has 0 aromatic carbocycles. The largest absolute Gasteiger partial charge is 0.444 e. The summed E-state index contributed by atoms with van der Waals surface area (Å²) in [6.07, 6.45) is 5.32. The minimum absolute atomic E-state index is 0.229. The highest BCUT2D eigenvalue weighted by Gasteiger charge is 2.37. The van der Waals surface area contributed by atoms with Gasteiger partial charge in [-0.3, -0.25) is 0 Å². The summed E-state index contributed by atoms with van der Waals surface area (Å²) in [5.74, 6) is 0.522. The molecule has 3 N–H and O–H groups in total. The predicted octanol–water partition coefficient (Wildman–Crippen LogP) is 2.81. The van der Waals surface area contributed by atoms with Crippen LogP contribution >= 0.6 is 0 Å². The van der Waals surface area contributed by atoms with Gasteiger partial charge in [0.2, 0.25) is 0 Å².